The van der Waals surface area contributed by atoms with Crippen LogP contribution in [0.2, 0.25) is 5.02 Å². The molecule has 0 heterocycles. The third kappa shape index (κ3) is 4.01. The van der Waals surface area contributed by atoms with Crippen LogP contribution in [0, 0.1) is 11.3 Å². The molecule has 2 rings (SSSR count). The Bertz CT molecular complexity index is 648. The first kappa shape index (κ1) is 13.9. The van der Waals surface area contributed by atoms with E-state index in [-0.39, 0.29) is 12.5 Å². The van der Waals surface area contributed by atoms with Gasteiger partial charge in [0.05, 0.1) is 11.6 Å². The van der Waals surface area contributed by atoms with Crippen molar-refractivity contribution in [3.05, 3.63) is 59.1 Å². The maximum atomic E-state index is 11.7. The monoisotopic (exact) mass is 286 g/mol. The van der Waals surface area contributed by atoms with Gasteiger partial charge in [-0.3, -0.25) is 4.79 Å². The van der Waals surface area contributed by atoms with E-state index in [0.29, 0.717) is 22.0 Å². The summed E-state index contributed by atoms with van der Waals surface area (Å²) < 4.78 is 5.32. The van der Waals surface area contributed by atoms with Crippen LogP contribution in [0.3, 0.4) is 0 Å². The number of amides is 1. The van der Waals surface area contributed by atoms with Crippen molar-refractivity contribution in [1.29, 1.82) is 5.26 Å². The quantitative estimate of drug-likeness (QED) is 0.938. The van der Waals surface area contributed by atoms with Gasteiger partial charge in [0.25, 0.3) is 5.91 Å². The first-order valence-corrected chi connectivity index (χ1v) is 6.23. The molecule has 0 saturated carbocycles. The molecule has 0 aliphatic carbocycles. The van der Waals surface area contributed by atoms with Gasteiger partial charge >= 0.3 is 0 Å². The first-order valence-electron chi connectivity index (χ1n) is 5.86. The number of rotatable bonds is 4. The molecule has 100 valence electrons. The highest BCUT2D eigenvalue weighted by Gasteiger charge is 2.04. The van der Waals surface area contributed by atoms with Gasteiger partial charge in [-0.15, -0.1) is 0 Å². The van der Waals surface area contributed by atoms with Crippen LogP contribution < -0.4 is 10.1 Å². The van der Waals surface area contributed by atoms with Crippen molar-refractivity contribution >= 4 is 23.2 Å². The van der Waals surface area contributed by atoms with Gasteiger partial charge in [-0.05, 0) is 42.5 Å². The highest BCUT2D eigenvalue weighted by atomic mass is 35.5. The molecule has 0 atom stereocenters. The minimum absolute atomic E-state index is 0.113. The van der Waals surface area contributed by atoms with Crippen LogP contribution in [0.25, 0.3) is 0 Å². The molecule has 0 aliphatic heterocycles. The van der Waals surface area contributed by atoms with Crippen LogP contribution in [0.15, 0.2) is 48.5 Å². The second-order valence-electron chi connectivity index (χ2n) is 3.98. The zero-order valence-electron chi connectivity index (χ0n) is 10.5. The summed E-state index contributed by atoms with van der Waals surface area (Å²) in [6, 6.07) is 15.4. The fourth-order valence-electron chi connectivity index (χ4n) is 1.54. The highest BCUT2D eigenvalue weighted by molar-refractivity contribution is 6.30. The molecule has 0 aliphatic rings. The summed E-state index contributed by atoms with van der Waals surface area (Å²) in [7, 11) is 0. The molecule has 0 saturated heterocycles. The van der Waals surface area contributed by atoms with Crippen molar-refractivity contribution < 1.29 is 9.53 Å². The molecular weight excluding hydrogens is 276 g/mol. The van der Waals surface area contributed by atoms with Crippen molar-refractivity contribution in [3.8, 4) is 11.8 Å². The highest BCUT2D eigenvalue weighted by Crippen LogP contribution is 2.15. The summed E-state index contributed by atoms with van der Waals surface area (Å²) >= 11 is 5.82. The van der Waals surface area contributed by atoms with Crippen molar-refractivity contribution in [2.45, 2.75) is 0 Å². The Hall–Kier alpha value is -2.51. The molecule has 1 amide bonds. The van der Waals surface area contributed by atoms with Crippen LogP contribution in [0.4, 0.5) is 5.69 Å². The zero-order chi connectivity index (χ0) is 14.4. The number of anilines is 1. The topological polar surface area (TPSA) is 62.1 Å². The van der Waals surface area contributed by atoms with Gasteiger partial charge in [-0.25, -0.2) is 0 Å². The summed E-state index contributed by atoms with van der Waals surface area (Å²) in [5.74, 6) is 0.252. The Labute approximate surface area is 121 Å². The molecular formula is C15H11ClN2O2. The molecule has 2 aromatic carbocycles. The molecule has 0 unspecified atom stereocenters. The number of nitrogens with one attached hydrogen (secondary N) is 1. The zero-order valence-corrected chi connectivity index (χ0v) is 11.2. The third-order valence-corrected chi connectivity index (χ3v) is 2.70. The van der Waals surface area contributed by atoms with Gasteiger partial charge in [0, 0.05) is 10.7 Å². The van der Waals surface area contributed by atoms with Crippen LogP contribution in [-0.2, 0) is 4.79 Å². The van der Waals surface area contributed by atoms with Crippen molar-refractivity contribution in [2.75, 3.05) is 11.9 Å². The summed E-state index contributed by atoms with van der Waals surface area (Å²) in [4.78, 5) is 11.7. The summed E-state index contributed by atoms with van der Waals surface area (Å²) in [6.07, 6.45) is 0. The lowest BCUT2D eigenvalue weighted by Crippen LogP contribution is -2.20. The number of benzene rings is 2. The maximum Gasteiger partial charge on any atom is 0.262 e. The lowest BCUT2D eigenvalue weighted by Gasteiger charge is -2.07. The molecule has 0 spiro atoms. The lowest BCUT2D eigenvalue weighted by molar-refractivity contribution is -0.118. The molecule has 0 radical (unpaired) electrons. The van der Waals surface area contributed by atoms with E-state index in [1.165, 1.54) is 0 Å². The minimum Gasteiger partial charge on any atom is -0.484 e. The molecule has 2 aromatic rings. The first-order chi connectivity index (χ1) is 9.67. The number of ether oxygens (including phenoxy) is 1. The lowest BCUT2D eigenvalue weighted by atomic mass is 10.2. The van der Waals surface area contributed by atoms with E-state index in [4.69, 9.17) is 21.6 Å². The van der Waals surface area contributed by atoms with E-state index >= 15 is 0 Å². The maximum absolute atomic E-state index is 11.7. The van der Waals surface area contributed by atoms with E-state index in [1.54, 1.807) is 48.5 Å². The van der Waals surface area contributed by atoms with E-state index in [2.05, 4.69) is 5.32 Å². The molecule has 0 aromatic heterocycles. The molecule has 5 heteroatoms. The Balaban J connectivity index is 1.87. The van der Waals surface area contributed by atoms with Crippen molar-refractivity contribution in [2.24, 2.45) is 0 Å². The van der Waals surface area contributed by atoms with Gasteiger partial charge in [0.15, 0.2) is 6.61 Å². The smallest absolute Gasteiger partial charge is 0.262 e. The normalized spacial score (nSPS) is 9.60. The minimum atomic E-state index is -0.281. The second kappa shape index (κ2) is 6.60. The Morgan fingerprint density at radius 3 is 2.65 bits per heavy atom. The molecule has 4 nitrogen and oxygen atoms in total. The number of nitrogens with zero attached hydrogens (tertiary/aromatic N) is 1. The Morgan fingerprint density at radius 2 is 2.00 bits per heavy atom. The number of nitriles is 1. The largest absolute Gasteiger partial charge is 0.484 e. The van der Waals surface area contributed by atoms with Crippen molar-refractivity contribution in [1.82, 2.24) is 0 Å². The third-order valence-electron chi connectivity index (χ3n) is 2.46. The molecule has 1 N–H and O–H groups in total. The summed E-state index contributed by atoms with van der Waals surface area (Å²) in [6.45, 7) is -0.113. The van der Waals surface area contributed by atoms with Gasteiger partial charge in [0.2, 0.25) is 0 Å². The Kier molecular flexibility index (Phi) is 4.59. The molecule has 0 bridgehead atoms. The van der Waals surface area contributed by atoms with Crippen LogP contribution >= 0.6 is 11.6 Å². The number of hydrogen-bond donors (Lipinski definition) is 1. The predicted octanol–water partition coefficient (Wildman–Crippen LogP) is 3.23. The average molecular weight is 287 g/mol. The van der Waals surface area contributed by atoms with Gasteiger partial charge in [-0.2, -0.15) is 5.26 Å². The molecule has 20 heavy (non-hydrogen) atoms. The van der Waals surface area contributed by atoms with Crippen LogP contribution in [0.5, 0.6) is 5.75 Å². The SMILES string of the molecule is N#Cc1ccc(OCC(=O)Nc2cccc(Cl)c2)cc1. The standard InChI is InChI=1S/C15H11ClN2O2/c16-12-2-1-3-13(8-12)18-15(19)10-20-14-6-4-11(9-17)5-7-14/h1-8H,10H2,(H,18,19). The van der Waals surface area contributed by atoms with Crippen LogP contribution in [0.1, 0.15) is 5.56 Å². The number of carbonyl (C=O) groups is 1. The fourth-order valence-corrected chi connectivity index (χ4v) is 1.73. The van der Waals surface area contributed by atoms with E-state index in [1.807, 2.05) is 6.07 Å². The fraction of sp³-hybridized carbons (Fsp3) is 0.0667. The van der Waals surface area contributed by atoms with Crippen LogP contribution in [-0.4, -0.2) is 12.5 Å². The Morgan fingerprint density at radius 1 is 1.25 bits per heavy atom. The van der Waals surface area contributed by atoms with Crippen molar-refractivity contribution in [3.63, 3.8) is 0 Å². The average Bonchev–Trinajstić information content (AvgIpc) is 2.46. The number of carbonyl (C=O) groups excluding carboxylic acids is 1. The number of hydrogen-bond acceptors (Lipinski definition) is 3. The van der Waals surface area contributed by atoms with Gasteiger partial charge in [-0.1, -0.05) is 17.7 Å². The predicted molar refractivity (Wildman–Crippen MR) is 76.7 cm³/mol. The van der Waals surface area contributed by atoms with E-state index in [9.17, 15) is 4.79 Å². The summed E-state index contributed by atoms with van der Waals surface area (Å²) in [5, 5.41) is 11.9. The summed E-state index contributed by atoms with van der Waals surface area (Å²) in [5.41, 5.74) is 1.16. The number of halogens is 1. The van der Waals surface area contributed by atoms with Gasteiger partial charge in [0.1, 0.15) is 5.75 Å². The second-order valence-corrected chi connectivity index (χ2v) is 4.42. The van der Waals surface area contributed by atoms with E-state index in [0.717, 1.165) is 0 Å². The molecule has 0 fully saturated rings. The van der Waals surface area contributed by atoms with E-state index < -0.39 is 0 Å². The van der Waals surface area contributed by atoms with Gasteiger partial charge < -0.3 is 10.1 Å².